The van der Waals surface area contributed by atoms with Crippen LogP contribution in [0.4, 0.5) is 0 Å². The Morgan fingerprint density at radius 1 is 1.24 bits per heavy atom. The van der Waals surface area contributed by atoms with Crippen LogP contribution in [0.25, 0.3) is 0 Å². The van der Waals surface area contributed by atoms with Crippen LogP contribution >= 0.6 is 0 Å². The molecule has 8 nitrogen and oxygen atoms in total. The Kier molecular flexibility index (Phi) is 4.84. The van der Waals surface area contributed by atoms with Crippen molar-refractivity contribution in [2.24, 2.45) is 0 Å². The van der Waals surface area contributed by atoms with E-state index in [4.69, 9.17) is 0 Å². The molecule has 3 heterocycles. The van der Waals surface area contributed by atoms with E-state index in [0.717, 1.165) is 5.69 Å². The molecular weight excluding hydrogens is 372 g/mol. The van der Waals surface area contributed by atoms with Crippen LogP contribution in [0.2, 0.25) is 0 Å². The lowest BCUT2D eigenvalue weighted by Crippen LogP contribution is -2.52. The van der Waals surface area contributed by atoms with Crippen LogP contribution in [-0.4, -0.2) is 39.6 Å². The number of fused-ring (bicyclic) bond motifs is 1. The molecular formula is C21H20N4O4. The van der Waals surface area contributed by atoms with E-state index in [9.17, 15) is 19.2 Å². The van der Waals surface area contributed by atoms with Crippen LogP contribution in [0.3, 0.4) is 0 Å². The number of piperidine rings is 1. The highest BCUT2D eigenvalue weighted by Gasteiger charge is 2.39. The van der Waals surface area contributed by atoms with Gasteiger partial charge in [0.1, 0.15) is 6.04 Å². The quantitative estimate of drug-likeness (QED) is 0.763. The number of carbonyl (C=O) groups excluding carboxylic acids is 4. The number of hydrogen-bond acceptors (Lipinski definition) is 5. The van der Waals surface area contributed by atoms with Crippen molar-refractivity contribution >= 4 is 23.6 Å². The maximum atomic E-state index is 12.7. The normalized spacial score (nSPS) is 19.6. The molecule has 1 aromatic carbocycles. The molecule has 0 bridgehead atoms. The van der Waals surface area contributed by atoms with E-state index in [0.29, 0.717) is 23.1 Å². The summed E-state index contributed by atoms with van der Waals surface area (Å²) in [5, 5.41) is 5.18. The van der Waals surface area contributed by atoms with Crippen molar-refractivity contribution in [2.45, 2.75) is 38.4 Å². The molecule has 0 radical (unpaired) electrons. The Bertz CT molecular complexity index is 1000. The summed E-state index contributed by atoms with van der Waals surface area (Å²) in [6.07, 6.45) is 2.18. The zero-order valence-electron chi connectivity index (χ0n) is 15.8. The summed E-state index contributed by atoms with van der Waals surface area (Å²) in [5.74, 6) is -1.30. The van der Waals surface area contributed by atoms with Gasteiger partial charge in [-0.2, -0.15) is 0 Å². The Labute approximate surface area is 167 Å². The molecule has 2 aliphatic rings. The lowest BCUT2D eigenvalue weighted by atomic mass is 10.0. The first-order valence-electron chi connectivity index (χ1n) is 9.43. The second kappa shape index (κ2) is 7.46. The second-order valence-electron chi connectivity index (χ2n) is 7.22. The molecule has 0 aliphatic carbocycles. The van der Waals surface area contributed by atoms with E-state index in [1.807, 2.05) is 25.1 Å². The van der Waals surface area contributed by atoms with E-state index in [1.54, 1.807) is 24.4 Å². The smallest absolute Gasteiger partial charge is 0.255 e. The van der Waals surface area contributed by atoms with Crippen molar-refractivity contribution in [3.63, 3.8) is 0 Å². The first kappa shape index (κ1) is 18.8. The van der Waals surface area contributed by atoms with E-state index in [-0.39, 0.29) is 36.7 Å². The summed E-state index contributed by atoms with van der Waals surface area (Å²) in [5.41, 5.74) is 2.35. The van der Waals surface area contributed by atoms with Gasteiger partial charge in [0.25, 0.3) is 11.8 Å². The summed E-state index contributed by atoms with van der Waals surface area (Å²) in [6.45, 7) is 2.08. The molecule has 0 saturated carbocycles. The second-order valence-corrected chi connectivity index (χ2v) is 7.22. The summed E-state index contributed by atoms with van der Waals surface area (Å²) >= 11 is 0. The van der Waals surface area contributed by atoms with Crippen LogP contribution in [0.1, 0.15) is 57.8 Å². The van der Waals surface area contributed by atoms with Crippen molar-refractivity contribution in [1.82, 2.24) is 20.5 Å². The van der Waals surface area contributed by atoms with Crippen LogP contribution in [0.15, 0.2) is 42.6 Å². The zero-order chi connectivity index (χ0) is 20.5. The van der Waals surface area contributed by atoms with Gasteiger partial charge in [0, 0.05) is 30.3 Å². The number of pyridine rings is 1. The fourth-order valence-corrected chi connectivity index (χ4v) is 3.70. The van der Waals surface area contributed by atoms with Crippen LogP contribution in [-0.2, 0) is 16.1 Å². The number of hydrogen-bond donors (Lipinski definition) is 2. The lowest BCUT2D eigenvalue weighted by molar-refractivity contribution is -0.136. The first-order valence-corrected chi connectivity index (χ1v) is 9.43. The van der Waals surface area contributed by atoms with Gasteiger partial charge in [-0.25, -0.2) is 0 Å². The van der Waals surface area contributed by atoms with Gasteiger partial charge < -0.3 is 10.2 Å². The largest absolute Gasteiger partial charge is 0.344 e. The van der Waals surface area contributed by atoms with Gasteiger partial charge in [-0.15, -0.1) is 0 Å². The number of carbonyl (C=O) groups is 4. The maximum absolute atomic E-state index is 12.7. The molecule has 8 heteroatoms. The van der Waals surface area contributed by atoms with Crippen LogP contribution < -0.4 is 10.6 Å². The Balaban J connectivity index is 1.49. The molecule has 1 saturated heterocycles. The highest BCUT2D eigenvalue weighted by molar-refractivity contribution is 6.06. The SMILES string of the molecule is CC(NC(=O)c1ccc2c(c1)CN(C1CCC(=O)NC1=O)C2=O)c1ccccn1. The molecule has 1 aromatic heterocycles. The molecule has 4 amide bonds. The van der Waals surface area contributed by atoms with E-state index < -0.39 is 11.9 Å². The van der Waals surface area contributed by atoms with Crippen molar-refractivity contribution < 1.29 is 19.2 Å². The molecule has 4 rings (SSSR count). The summed E-state index contributed by atoms with van der Waals surface area (Å²) < 4.78 is 0. The Morgan fingerprint density at radius 2 is 2.07 bits per heavy atom. The van der Waals surface area contributed by atoms with Gasteiger partial charge in [0.2, 0.25) is 11.8 Å². The molecule has 2 aromatic rings. The van der Waals surface area contributed by atoms with Crippen LogP contribution in [0.5, 0.6) is 0 Å². The summed E-state index contributed by atoms with van der Waals surface area (Å²) in [6, 6.07) is 9.46. The lowest BCUT2D eigenvalue weighted by Gasteiger charge is -2.29. The number of benzene rings is 1. The fraction of sp³-hybridized carbons (Fsp3) is 0.286. The van der Waals surface area contributed by atoms with Crippen molar-refractivity contribution in [3.05, 3.63) is 65.0 Å². The van der Waals surface area contributed by atoms with Gasteiger partial charge in [-0.3, -0.25) is 29.5 Å². The van der Waals surface area contributed by atoms with Gasteiger partial charge in [0.05, 0.1) is 11.7 Å². The molecule has 2 unspecified atom stereocenters. The third-order valence-electron chi connectivity index (χ3n) is 5.26. The number of nitrogens with zero attached hydrogens (tertiary/aromatic N) is 2. The zero-order valence-corrected chi connectivity index (χ0v) is 15.8. The summed E-state index contributed by atoms with van der Waals surface area (Å²) in [7, 11) is 0. The predicted molar refractivity (Wildman–Crippen MR) is 103 cm³/mol. The Morgan fingerprint density at radius 3 is 2.79 bits per heavy atom. The maximum Gasteiger partial charge on any atom is 0.255 e. The van der Waals surface area contributed by atoms with Crippen LogP contribution in [0, 0.1) is 0 Å². The summed E-state index contributed by atoms with van der Waals surface area (Å²) in [4.78, 5) is 54.5. The molecule has 2 aliphatic heterocycles. The molecule has 148 valence electrons. The number of imide groups is 1. The van der Waals surface area contributed by atoms with E-state index in [1.165, 1.54) is 4.90 Å². The molecule has 2 atom stereocenters. The number of amides is 4. The fourth-order valence-electron chi connectivity index (χ4n) is 3.70. The van der Waals surface area contributed by atoms with Gasteiger partial charge in [-0.1, -0.05) is 6.07 Å². The van der Waals surface area contributed by atoms with Gasteiger partial charge in [0.15, 0.2) is 0 Å². The number of nitrogens with one attached hydrogen (secondary N) is 2. The third-order valence-corrected chi connectivity index (χ3v) is 5.26. The molecule has 29 heavy (non-hydrogen) atoms. The highest BCUT2D eigenvalue weighted by atomic mass is 16.2. The average Bonchev–Trinajstić information content (AvgIpc) is 3.04. The predicted octanol–water partition coefficient (Wildman–Crippen LogP) is 1.33. The van der Waals surface area contributed by atoms with E-state index in [2.05, 4.69) is 15.6 Å². The minimum atomic E-state index is -0.672. The molecule has 0 spiro atoms. The highest BCUT2D eigenvalue weighted by Crippen LogP contribution is 2.28. The Hall–Kier alpha value is -3.55. The number of aromatic nitrogens is 1. The average molecular weight is 392 g/mol. The van der Waals surface area contributed by atoms with Crippen molar-refractivity contribution in [1.29, 1.82) is 0 Å². The standard InChI is InChI=1S/C21H20N4O4/c1-12(16-4-2-3-9-22-16)23-19(27)13-5-6-15-14(10-13)11-25(21(15)29)17-7-8-18(26)24-20(17)28/h2-6,9-10,12,17H,7-8,11H2,1H3,(H,23,27)(H,24,26,28). The molecule has 1 fully saturated rings. The van der Waals surface area contributed by atoms with Crippen molar-refractivity contribution in [2.75, 3.05) is 0 Å². The first-order chi connectivity index (χ1) is 13.9. The monoisotopic (exact) mass is 392 g/mol. The third kappa shape index (κ3) is 3.61. The number of rotatable bonds is 4. The molecule has 2 N–H and O–H groups in total. The van der Waals surface area contributed by atoms with Crippen molar-refractivity contribution in [3.8, 4) is 0 Å². The topological polar surface area (TPSA) is 108 Å². The van der Waals surface area contributed by atoms with Gasteiger partial charge >= 0.3 is 0 Å². The van der Waals surface area contributed by atoms with Gasteiger partial charge in [-0.05, 0) is 49.2 Å². The minimum absolute atomic E-state index is 0.204. The minimum Gasteiger partial charge on any atom is -0.344 e. The van der Waals surface area contributed by atoms with E-state index >= 15 is 0 Å².